The molecule has 1 rings (SSSR count). The predicted molar refractivity (Wildman–Crippen MR) is 61.5 cm³/mol. The third-order valence-electron chi connectivity index (χ3n) is 2.51. The number of rotatable bonds is 7. The van der Waals surface area contributed by atoms with Gasteiger partial charge in [-0.3, -0.25) is 9.69 Å². The maximum atomic E-state index is 10.6. The summed E-state index contributed by atoms with van der Waals surface area (Å²) in [5, 5.41) is 12.5. The molecule has 1 aromatic rings. The molecule has 6 nitrogen and oxygen atoms in total. The number of nitrogens with zero attached hydrogens (tertiary/aromatic N) is 3. The molecule has 1 N–H and O–H groups in total. The van der Waals surface area contributed by atoms with E-state index in [-0.39, 0.29) is 12.5 Å². The van der Waals surface area contributed by atoms with Crippen LogP contribution in [0.25, 0.3) is 0 Å². The van der Waals surface area contributed by atoms with Crippen LogP contribution in [0, 0.1) is 0 Å². The summed E-state index contributed by atoms with van der Waals surface area (Å²) < 4.78 is 5.09. The number of carbonyl (C=O) groups is 1. The Bertz CT molecular complexity index is 363. The Morgan fingerprint density at radius 3 is 2.71 bits per heavy atom. The molecule has 0 saturated heterocycles. The van der Waals surface area contributed by atoms with Gasteiger partial charge in [-0.25, -0.2) is 0 Å². The fourth-order valence-corrected chi connectivity index (χ4v) is 1.43. The van der Waals surface area contributed by atoms with Gasteiger partial charge in [-0.15, -0.1) is 0 Å². The van der Waals surface area contributed by atoms with Crippen molar-refractivity contribution >= 4 is 5.97 Å². The Labute approximate surface area is 101 Å². The first-order valence-electron chi connectivity index (χ1n) is 5.80. The van der Waals surface area contributed by atoms with Crippen LogP contribution in [-0.2, 0) is 17.8 Å². The van der Waals surface area contributed by atoms with E-state index in [9.17, 15) is 4.79 Å². The predicted octanol–water partition coefficient (Wildman–Crippen LogP) is 1.32. The summed E-state index contributed by atoms with van der Waals surface area (Å²) in [4.78, 5) is 16.8. The Balaban J connectivity index is 2.56. The first-order chi connectivity index (χ1) is 8.02. The first-order valence-corrected chi connectivity index (χ1v) is 5.80. The van der Waals surface area contributed by atoms with E-state index in [0.29, 0.717) is 24.8 Å². The Morgan fingerprint density at radius 2 is 2.24 bits per heavy atom. The topological polar surface area (TPSA) is 79.5 Å². The minimum atomic E-state index is -0.796. The third-order valence-corrected chi connectivity index (χ3v) is 2.51. The zero-order chi connectivity index (χ0) is 12.8. The van der Waals surface area contributed by atoms with Crippen molar-refractivity contribution in [3.05, 3.63) is 11.7 Å². The van der Waals surface area contributed by atoms with Crippen LogP contribution in [0.2, 0.25) is 0 Å². The van der Waals surface area contributed by atoms with Crippen LogP contribution in [0.15, 0.2) is 4.52 Å². The number of aromatic nitrogens is 2. The van der Waals surface area contributed by atoms with E-state index in [1.54, 1.807) is 0 Å². The fraction of sp³-hybridized carbons (Fsp3) is 0.727. The monoisotopic (exact) mass is 241 g/mol. The van der Waals surface area contributed by atoms with Crippen molar-refractivity contribution in [1.82, 2.24) is 15.0 Å². The van der Waals surface area contributed by atoms with Crippen LogP contribution < -0.4 is 0 Å². The minimum Gasteiger partial charge on any atom is -0.481 e. The molecule has 0 fully saturated rings. The Hall–Kier alpha value is -1.43. The molecule has 0 radical (unpaired) electrons. The molecule has 6 heteroatoms. The molecule has 0 spiro atoms. The molecule has 0 aromatic carbocycles. The van der Waals surface area contributed by atoms with Crippen LogP contribution in [-0.4, -0.2) is 38.7 Å². The van der Waals surface area contributed by atoms with Crippen LogP contribution in [0.5, 0.6) is 0 Å². The number of carboxylic acids is 1. The van der Waals surface area contributed by atoms with E-state index in [4.69, 9.17) is 9.63 Å². The lowest BCUT2D eigenvalue weighted by molar-refractivity contribution is -0.137. The number of aryl methyl sites for hydroxylation is 1. The summed E-state index contributed by atoms with van der Waals surface area (Å²) in [5.41, 5.74) is 0. The van der Waals surface area contributed by atoms with Gasteiger partial charge in [-0.05, 0) is 13.8 Å². The Kier molecular flexibility index (Phi) is 5.09. The molecule has 0 aliphatic heterocycles. The lowest BCUT2D eigenvalue weighted by Gasteiger charge is -2.23. The summed E-state index contributed by atoms with van der Waals surface area (Å²) in [5.74, 6) is 0.429. The lowest BCUT2D eigenvalue weighted by Crippen LogP contribution is -2.32. The van der Waals surface area contributed by atoms with Gasteiger partial charge in [0.1, 0.15) is 0 Å². The van der Waals surface area contributed by atoms with Crippen LogP contribution in [0.3, 0.4) is 0 Å². The van der Waals surface area contributed by atoms with Crippen molar-refractivity contribution < 1.29 is 14.4 Å². The van der Waals surface area contributed by atoms with Gasteiger partial charge in [-0.1, -0.05) is 12.1 Å². The standard InChI is InChI=1S/C11H19N3O3/c1-4-9-12-10(17-13-9)7-14(8(2)3)6-5-11(15)16/h8H,4-7H2,1-3H3,(H,15,16). The van der Waals surface area contributed by atoms with Crippen LogP contribution in [0.1, 0.15) is 38.9 Å². The average Bonchev–Trinajstić information content (AvgIpc) is 2.71. The maximum Gasteiger partial charge on any atom is 0.304 e. The van der Waals surface area contributed by atoms with Crippen molar-refractivity contribution in [3.63, 3.8) is 0 Å². The molecule has 0 saturated carbocycles. The molecule has 17 heavy (non-hydrogen) atoms. The second-order valence-corrected chi connectivity index (χ2v) is 4.17. The molecule has 0 atom stereocenters. The van der Waals surface area contributed by atoms with Crippen molar-refractivity contribution in [1.29, 1.82) is 0 Å². The summed E-state index contributed by atoms with van der Waals surface area (Å²) in [6, 6.07) is 0.242. The molecule has 0 bridgehead atoms. The SMILES string of the molecule is CCc1noc(CN(CCC(=O)O)C(C)C)n1. The number of hydrogen-bond acceptors (Lipinski definition) is 5. The van der Waals surface area contributed by atoms with E-state index in [2.05, 4.69) is 10.1 Å². The zero-order valence-corrected chi connectivity index (χ0v) is 10.5. The molecule has 1 aromatic heterocycles. The van der Waals surface area contributed by atoms with Crippen LogP contribution in [0.4, 0.5) is 0 Å². The second kappa shape index (κ2) is 6.34. The third kappa shape index (κ3) is 4.52. The summed E-state index contributed by atoms with van der Waals surface area (Å²) in [6.45, 7) is 6.96. The zero-order valence-electron chi connectivity index (χ0n) is 10.5. The van der Waals surface area contributed by atoms with E-state index in [1.807, 2.05) is 25.7 Å². The van der Waals surface area contributed by atoms with Gasteiger partial charge >= 0.3 is 5.97 Å². The van der Waals surface area contributed by atoms with E-state index < -0.39 is 5.97 Å². The maximum absolute atomic E-state index is 10.6. The second-order valence-electron chi connectivity index (χ2n) is 4.17. The van der Waals surface area contributed by atoms with Crippen LogP contribution >= 0.6 is 0 Å². The van der Waals surface area contributed by atoms with Crippen molar-refractivity contribution in [2.45, 2.75) is 46.2 Å². The molecule has 0 unspecified atom stereocenters. The average molecular weight is 241 g/mol. The van der Waals surface area contributed by atoms with E-state index >= 15 is 0 Å². The largest absolute Gasteiger partial charge is 0.481 e. The van der Waals surface area contributed by atoms with Crippen molar-refractivity contribution in [2.24, 2.45) is 0 Å². The summed E-state index contributed by atoms with van der Waals surface area (Å²) >= 11 is 0. The van der Waals surface area contributed by atoms with Crippen molar-refractivity contribution in [3.8, 4) is 0 Å². The number of hydrogen-bond donors (Lipinski definition) is 1. The highest BCUT2D eigenvalue weighted by Crippen LogP contribution is 2.07. The Morgan fingerprint density at radius 1 is 1.53 bits per heavy atom. The van der Waals surface area contributed by atoms with Gasteiger partial charge in [0.2, 0.25) is 5.89 Å². The quantitative estimate of drug-likeness (QED) is 0.775. The summed E-state index contributed by atoms with van der Waals surface area (Å²) in [7, 11) is 0. The van der Waals surface area contributed by atoms with E-state index in [0.717, 1.165) is 6.42 Å². The highest BCUT2D eigenvalue weighted by Gasteiger charge is 2.15. The first kappa shape index (κ1) is 13.6. The highest BCUT2D eigenvalue weighted by molar-refractivity contribution is 5.66. The normalized spacial score (nSPS) is 11.4. The van der Waals surface area contributed by atoms with Gasteiger partial charge in [0.25, 0.3) is 0 Å². The molecule has 1 heterocycles. The van der Waals surface area contributed by atoms with Gasteiger partial charge < -0.3 is 9.63 Å². The smallest absolute Gasteiger partial charge is 0.304 e. The van der Waals surface area contributed by atoms with Gasteiger partial charge in [0, 0.05) is 19.0 Å². The molecule has 0 amide bonds. The molecular weight excluding hydrogens is 222 g/mol. The summed E-state index contributed by atoms with van der Waals surface area (Å²) in [6.07, 6.45) is 0.854. The molecule has 0 aliphatic rings. The van der Waals surface area contributed by atoms with E-state index in [1.165, 1.54) is 0 Å². The van der Waals surface area contributed by atoms with Gasteiger partial charge in [0.05, 0.1) is 13.0 Å². The molecule has 0 aliphatic carbocycles. The number of carboxylic acid groups (broad SMARTS) is 1. The fourth-order valence-electron chi connectivity index (χ4n) is 1.43. The van der Waals surface area contributed by atoms with Gasteiger partial charge in [0.15, 0.2) is 5.82 Å². The number of aliphatic carboxylic acids is 1. The lowest BCUT2D eigenvalue weighted by atomic mass is 10.3. The highest BCUT2D eigenvalue weighted by atomic mass is 16.5. The van der Waals surface area contributed by atoms with Gasteiger partial charge in [-0.2, -0.15) is 4.98 Å². The molecule has 96 valence electrons. The molecular formula is C11H19N3O3. The minimum absolute atomic E-state index is 0.118. The van der Waals surface area contributed by atoms with Crippen molar-refractivity contribution in [2.75, 3.05) is 6.54 Å².